The molecule has 2 aromatic rings. The molecule has 2 rings (SSSR count). The first-order valence-electron chi connectivity index (χ1n) is 5.74. The van der Waals surface area contributed by atoms with Gasteiger partial charge in [-0.2, -0.15) is 0 Å². The third-order valence-electron chi connectivity index (χ3n) is 2.75. The Labute approximate surface area is 115 Å². The van der Waals surface area contributed by atoms with Gasteiger partial charge in [-0.15, -0.1) is 0 Å². The topological polar surface area (TPSA) is 62.0 Å². The smallest absolute Gasteiger partial charge is 0.261 e. The number of nitrogens with one attached hydrogen (secondary N) is 2. The molecule has 0 unspecified atom stereocenters. The van der Waals surface area contributed by atoms with Crippen LogP contribution in [0.25, 0.3) is 0 Å². The van der Waals surface area contributed by atoms with Crippen LogP contribution in [0.15, 0.2) is 35.3 Å². The molecule has 1 amide bonds. The molecule has 19 heavy (non-hydrogen) atoms. The molecule has 1 heterocycles. The molecule has 1 aromatic heterocycles. The molecule has 98 valence electrons. The lowest BCUT2D eigenvalue weighted by Crippen LogP contribution is -2.23. The minimum Gasteiger partial charge on any atom is -0.327 e. The number of halogens is 1. The number of carbonyl (C=O) groups is 1. The molecule has 2 N–H and O–H groups in total. The maximum absolute atomic E-state index is 12.1. The van der Waals surface area contributed by atoms with E-state index in [1.165, 1.54) is 12.3 Å². The number of hydrogen-bond acceptors (Lipinski definition) is 2. The zero-order valence-electron chi connectivity index (χ0n) is 10.6. The van der Waals surface area contributed by atoms with Crippen molar-refractivity contribution >= 4 is 23.2 Å². The Kier molecular flexibility index (Phi) is 3.71. The zero-order valence-corrected chi connectivity index (χ0v) is 11.3. The quantitative estimate of drug-likeness (QED) is 0.886. The largest absolute Gasteiger partial charge is 0.327 e. The maximum atomic E-state index is 12.1. The van der Waals surface area contributed by atoms with E-state index in [0.29, 0.717) is 10.7 Å². The van der Waals surface area contributed by atoms with Gasteiger partial charge in [-0.3, -0.25) is 9.59 Å². The highest BCUT2D eigenvalue weighted by molar-refractivity contribution is 6.30. The Morgan fingerprint density at radius 3 is 2.74 bits per heavy atom. The van der Waals surface area contributed by atoms with Gasteiger partial charge in [0.25, 0.3) is 11.5 Å². The van der Waals surface area contributed by atoms with Gasteiger partial charge in [0, 0.05) is 11.9 Å². The third-order valence-corrected chi connectivity index (χ3v) is 2.97. The molecule has 0 aliphatic heterocycles. The molecule has 4 nitrogen and oxygen atoms in total. The molecule has 0 aliphatic carbocycles. The molecule has 0 saturated heterocycles. The first-order chi connectivity index (χ1) is 8.97. The number of H-pyrrole nitrogens is 1. The number of benzene rings is 1. The molecule has 0 bridgehead atoms. The highest BCUT2D eigenvalue weighted by atomic mass is 35.5. The number of rotatable bonds is 2. The summed E-state index contributed by atoms with van der Waals surface area (Å²) in [6.07, 6.45) is 1.35. The Balaban J connectivity index is 2.33. The number of pyridine rings is 1. The van der Waals surface area contributed by atoms with Crippen LogP contribution in [0.1, 0.15) is 21.5 Å². The molecule has 0 radical (unpaired) electrons. The highest BCUT2D eigenvalue weighted by Crippen LogP contribution is 2.17. The lowest BCUT2D eigenvalue weighted by Gasteiger charge is -2.09. The van der Waals surface area contributed by atoms with Gasteiger partial charge >= 0.3 is 0 Å². The first kappa shape index (κ1) is 13.4. The summed E-state index contributed by atoms with van der Waals surface area (Å²) in [6.45, 7) is 3.82. The number of aromatic amines is 1. The van der Waals surface area contributed by atoms with Crippen LogP contribution in [-0.2, 0) is 0 Å². The van der Waals surface area contributed by atoms with E-state index in [1.54, 1.807) is 0 Å². The van der Waals surface area contributed by atoms with Crippen molar-refractivity contribution in [2.45, 2.75) is 13.8 Å². The lowest BCUT2D eigenvalue weighted by molar-refractivity contribution is 0.102. The monoisotopic (exact) mass is 276 g/mol. The van der Waals surface area contributed by atoms with Crippen molar-refractivity contribution < 1.29 is 4.79 Å². The van der Waals surface area contributed by atoms with E-state index in [-0.39, 0.29) is 5.56 Å². The minimum atomic E-state index is -0.475. The van der Waals surface area contributed by atoms with Gasteiger partial charge in [0.1, 0.15) is 5.56 Å². The Morgan fingerprint density at radius 1 is 1.26 bits per heavy atom. The van der Waals surface area contributed by atoms with Crippen molar-refractivity contribution in [3.8, 4) is 0 Å². The van der Waals surface area contributed by atoms with E-state index in [1.807, 2.05) is 32.0 Å². The molecule has 0 spiro atoms. The van der Waals surface area contributed by atoms with Gasteiger partial charge in [0.2, 0.25) is 0 Å². The fourth-order valence-corrected chi connectivity index (χ4v) is 1.85. The number of amides is 1. The normalized spacial score (nSPS) is 10.3. The minimum absolute atomic E-state index is 0.00611. The molecule has 5 heteroatoms. The fraction of sp³-hybridized carbons (Fsp3) is 0.143. The average Bonchev–Trinajstić information content (AvgIpc) is 2.36. The molecule has 1 aromatic carbocycles. The average molecular weight is 277 g/mol. The van der Waals surface area contributed by atoms with E-state index in [9.17, 15) is 9.59 Å². The van der Waals surface area contributed by atoms with Crippen molar-refractivity contribution in [1.29, 1.82) is 0 Å². The summed E-state index contributed by atoms with van der Waals surface area (Å²) in [5, 5.41) is 3.03. The second-order valence-corrected chi connectivity index (χ2v) is 4.77. The molecule has 0 saturated carbocycles. The molecule has 0 aliphatic rings. The lowest BCUT2D eigenvalue weighted by atomic mass is 10.1. The number of carbonyl (C=O) groups excluding carboxylic acids is 1. The summed E-state index contributed by atoms with van der Waals surface area (Å²) in [5.74, 6) is -0.475. The van der Waals surface area contributed by atoms with Crippen LogP contribution in [0.2, 0.25) is 5.02 Å². The number of hydrogen-bond donors (Lipinski definition) is 2. The van der Waals surface area contributed by atoms with E-state index < -0.39 is 11.5 Å². The van der Waals surface area contributed by atoms with Crippen LogP contribution in [0.5, 0.6) is 0 Å². The van der Waals surface area contributed by atoms with Gasteiger partial charge in [-0.1, -0.05) is 23.7 Å². The number of aryl methyl sites for hydroxylation is 2. The van der Waals surface area contributed by atoms with Crippen LogP contribution >= 0.6 is 11.6 Å². The van der Waals surface area contributed by atoms with Crippen molar-refractivity contribution in [3.63, 3.8) is 0 Å². The zero-order chi connectivity index (χ0) is 14.0. The highest BCUT2D eigenvalue weighted by Gasteiger charge is 2.12. The predicted molar refractivity (Wildman–Crippen MR) is 75.9 cm³/mol. The van der Waals surface area contributed by atoms with Gasteiger partial charge in [0.15, 0.2) is 0 Å². The van der Waals surface area contributed by atoms with Crippen molar-refractivity contribution in [2.24, 2.45) is 0 Å². The molecular formula is C14H13ClN2O2. The summed E-state index contributed by atoms with van der Waals surface area (Å²) < 4.78 is 0. The van der Waals surface area contributed by atoms with Gasteiger partial charge in [-0.05, 0) is 37.1 Å². The maximum Gasteiger partial charge on any atom is 0.261 e. The van der Waals surface area contributed by atoms with Crippen LogP contribution in [0, 0.1) is 13.8 Å². The van der Waals surface area contributed by atoms with E-state index in [2.05, 4.69) is 10.3 Å². The first-order valence-corrected chi connectivity index (χ1v) is 6.12. The van der Waals surface area contributed by atoms with E-state index in [0.717, 1.165) is 11.1 Å². The van der Waals surface area contributed by atoms with Gasteiger partial charge < -0.3 is 10.3 Å². The summed E-state index contributed by atoms with van der Waals surface area (Å²) >= 11 is 5.77. The number of anilines is 1. The fourth-order valence-electron chi connectivity index (χ4n) is 1.69. The Bertz CT molecular complexity index is 692. The Morgan fingerprint density at radius 2 is 2.00 bits per heavy atom. The third kappa shape index (κ3) is 3.03. The van der Waals surface area contributed by atoms with Crippen molar-refractivity contribution in [2.75, 3.05) is 5.32 Å². The van der Waals surface area contributed by atoms with Gasteiger partial charge in [-0.25, -0.2) is 0 Å². The Hall–Kier alpha value is -2.07. The van der Waals surface area contributed by atoms with Gasteiger partial charge in [0.05, 0.1) is 5.02 Å². The summed E-state index contributed by atoms with van der Waals surface area (Å²) in [7, 11) is 0. The predicted octanol–water partition coefficient (Wildman–Crippen LogP) is 2.90. The van der Waals surface area contributed by atoms with E-state index in [4.69, 9.17) is 11.6 Å². The van der Waals surface area contributed by atoms with Crippen LogP contribution in [0.4, 0.5) is 5.69 Å². The summed E-state index contributed by atoms with van der Waals surface area (Å²) in [4.78, 5) is 26.1. The number of aromatic nitrogens is 1. The van der Waals surface area contributed by atoms with Crippen LogP contribution < -0.4 is 10.9 Å². The summed E-state index contributed by atoms with van der Waals surface area (Å²) in [6, 6.07) is 7.07. The second-order valence-electron chi connectivity index (χ2n) is 4.33. The second kappa shape index (κ2) is 5.28. The molecule has 0 atom stereocenters. The SMILES string of the molecule is Cc1ccc(C)c(NC(=O)c2cc(Cl)c[nH]c2=O)c1. The standard InChI is InChI=1S/C14H13ClN2O2/c1-8-3-4-9(2)12(5-8)17-14(19)11-6-10(15)7-16-13(11)18/h3-7H,1-2H3,(H,16,18)(H,17,19). The molecular weight excluding hydrogens is 264 g/mol. The van der Waals surface area contributed by atoms with Crippen molar-refractivity contribution in [1.82, 2.24) is 4.98 Å². The van der Waals surface area contributed by atoms with Crippen molar-refractivity contribution in [3.05, 3.63) is 62.5 Å². The summed E-state index contributed by atoms with van der Waals surface area (Å²) in [5.41, 5.74) is 2.17. The molecule has 0 fully saturated rings. The van der Waals surface area contributed by atoms with E-state index >= 15 is 0 Å². The van der Waals surface area contributed by atoms with Crippen LogP contribution in [-0.4, -0.2) is 10.9 Å². The van der Waals surface area contributed by atoms with Crippen LogP contribution in [0.3, 0.4) is 0 Å².